The van der Waals surface area contributed by atoms with Gasteiger partial charge in [-0.25, -0.2) is 4.98 Å². The monoisotopic (exact) mass is 335 g/mol. The molecule has 1 saturated heterocycles. The van der Waals surface area contributed by atoms with Crippen molar-refractivity contribution in [1.82, 2.24) is 14.9 Å². The van der Waals surface area contributed by atoms with E-state index >= 15 is 0 Å². The molecule has 1 aliphatic rings. The van der Waals surface area contributed by atoms with Crippen LogP contribution < -0.4 is 5.56 Å². The molecule has 23 heavy (non-hydrogen) atoms. The predicted molar refractivity (Wildman–Crippen MR) is 87.5 cm³/mol. The second-order valence-electron chi connectivity index (χ2n) is 6.08. The molecule has 122 valence electrons. The summed E-state index contributed by atoms with van der Waals surface area (Å²) in [6.07, 6.45) is 1.17. The van der Waals surface area contributed by atoms with Gasteiger partial charge in [-0.05, 0) is 31.0 Å². The quantitative estimate of drug-likeness (QED) is 0.870. The fourth-order valence-electron chi connectivity index (χ4n) is 2.97. The van der Waals surface area contributed by atoms with Crippen LogP contribution in [0.4, 0.5) is 0 Å². The molecule has 3 rings (SSSR count). The Kier molecular flexibility index (Phi) is 4.12. The zero-order chi connectivity index (χ0) is 16.6. The third kappa shape index (κ3) is 3.38. The maximum Gasteiger partial charge on any atom is 0.258 e. The number of fused-ring (bicyclic) bond motifs is 1. The van der Waals surface area contributed by atoms with Crippen LogP contribution in [0.3, 0.4) is 0 Å². The molecule has 0 radical (unpaired) electrons. The highest BCUT2D eigenvalue weighted by Gasteiger charge is 2.34. The van der Waals surface area contributed by atoms with Gasteiger partial charge in [0.25, 0.3) is 5.56 Å². The lowest BCUT2D eigenvalue weighted by molar-refractivity contribution is -0.133. The number of aromatic nitrogens is 2. The van der Waals surface area contributed by atoms with Crippen LogP contribution in [0, 0.1) is 0 Å². The summed E-state index contributed by atoms with van der Waals surface area (Å²) in [6, 6.07) is 4.91. The Labute approximate surface area is 138 Å². The number of benzene rings is 1. The Balaban J connectivity index is 1.84. The van der Waals surface area contributed by atoms with E-state index in [4.69, 9.17) is 11.6 Å². The number of H-pyrrole nitrogens is 1. The number of aliphatic hydroxyl groups is 1. The second kappa shape index (κ2) is 5.94. The van der Waals surface area contributed by atoms with Crippen LogP contribution in [0.5, 0.6) is 0 Å². The molecular weight excluding hydrogens is 318 g/mol. The van der Waals surface area contributed by atoms with E-state index in [1.807, 2.05) is 0 Å². The number of rotatable bonds is 2. The number of halogens is 1. The first-order chi connectivity index (χ1) is 10.9. The standard InChI is InChI=1S/C16H18ClN3O3/c1-10(21)20-6-4-16(23,5-7-20)9-14-18-13-8-11(17)2-3-12(13)15(22)19-14/h2-3,8,23H,4-7,9H2,1H3,(H,18,19,22). The minimum atomic E-state index is -0.964. The largest absolute Gasteiger partial charge is 0.389 e. The summed E-state index contributed by atoms with van der Waals surface area (Å²) in [6.45, 7) is 2.54. The third-order valence-corrected chi connectivity index (χ3v) is 4.59. The summed E-state index contributed by atoms with van der Waals surface area (Å²) in [5.74, 6) is 0.447. The molecule has 1 aromatic carbocycles. The first-order valence-electron chi connectivity index (χ1n) is 7.53. The molecule has 7 heteroatoms. The van der Waals surface area contributed by atoms with E-state index in [1.165, 1.54) is 6.92 Å². The van der Waals surface area contributed by atoms with E-state index in [1.54, 1.807) is 23.1 Å². The molecule has 0 unspecified atom stereocenters. The number of nitrogens with one attached hydrogen (secondary N) is 1. The number of likely N-dealkylation sites (tertiary alicyclic amines) is 1. The van der Waals surface area contributed by atoms with Crippen molar-refractivity contribution in [3.8, 4) is 0 Å². The highest BCUT2D eigenvalue weighted by atomic mass is 35.5. The Morgan fingerprint density at radius 3 is 2.78 bits per heavy atom. The molecule has 0 aliphatic carbocycles. The number of nitrogens with zero attached hydrogens (tertiary/aromatic N) is 2. The van der Waals surface area contributed by atoms with Crippen molar-refractivity contribution in [2.45, 2.75) is 31.8 Å². The van der Waals surface area contributed by atoms with Gasteiger partial charge in [0, 0.05) is 31.5 Å². The summed E-state index contributed by atoms with van der Waals surface area (Å²) in [5.41, 5.74) is -0.693. The molecule has 0 saturated carbocycles. The van der Waals surface area contributed by atoms with E-state index < -0.39 is 5.60 Å². The number of aromatic amines is 1. The molecule has 0 atom stereocenters. The number of hydrogen-bond donors (Lipinski definition) is 2. The Morgan fingerprint density at radius 1 is 1.43 bits per heavy atom. The van der Waals surface area contributed by atoms with E-state index in [0.717, 1.165) is 0 Å². The van der Waals surface area contributed by atoms with Gasteiger partial charge in [-0.1, -0.05) is 11.6 Å². The topological polar surface area (TPSA) is 86.3 Å². The van der Waals surface area contributed by atoms with Gasteiger partial charge in [0.15, 0.2) is 0 Å². The van der Waals surface area contributed by atoms with Crippen molar-refractivity contribution in [1.29, 1.82) is 0 Å². The molecule has 2 N–H and O–H groups in total. The van der Waals surface area contributed by atoms with E-state index in [9.17, 15) is 14.7 Å². The van der Waals surface area contributed by atoms with Crippen LogP contribution in [-0.2, 0) is 11.2 Å². The van der Waals surface area contributed by atoms with Crippen molar-refractivity contribution in [2.24, 2.45) is 0 Å². The van der Waals surface area contributed by atoms with Gasteiger partial charge in [0.1, 0.15) is 5.82 Å². The van der Waals surface area contributed by atoms with Crippen molar-refractivity contribution >= 4 is 28.4 Å². The zero-order valence-corrected chi connectivity index (χ0v) is 13.6. The minimum absolute atomic E-state index is 0.0129. The van der Waals surface area contributed by atoms with Crippen LogP contribution in [0.25, 0.3) is 10.9 Å². The molecule has 1 amide bonds. The molecular formula is C16H18ClN3O3. The first kappa shape index (κ1) is 16.0. The Hall–Kier alpha value is -1.92. The average Bonchev–Trinajstić information content (AvgIpc) is 2.46. The van der Waals surface area contributed by atoms with Crippen molar-refractivity contribution < 1.29 is 9.90 Å². The Bertz CT molecular complexity index is 810. The third-order valence-electron chi connectivity index (χ3n) is 4.35. The van der Waals surface area contributed by atoms with Gasteiger partial charge in [-0.15, -0.1) is 0 Å². The van der Waals surface area contributed by atoms with Crippen LogP contribution in [0.15, 0.2) is 23.0 Å². The molecule has 2 aromatic rings. The summed E-state index contributed by atoms with van der Waals surface area (Å²) >= 11 is 5.95. The van der Waals surface area contributed by atoms with E-state index in [2.05, 4.69) is 9.97 Å². The molecule has 2 heterocycles. The van der Waals surface area contributed by atoms with Crippen LogP contribution >= 0.6 is 11.6 Å². The van der Waals surface area contributed by atoms with Crippen LogP contribution in [0.2, 0.25) is 5.02 Å². The average molecular weight is 336 g/mol. The first-order valence-corrected chi connectivity index (χ1v) is 7.90. The minimum Gasteiger partial charge on any atom is -0.389 e. The highest BCUT2D eigenvalue weighted by Crippen LogP contribution is 2.25. The lowest BCUT2D eigenvalue weighted by Gasteiger charge is -2.37. The van der Waals surface area contributed by atoms with E-state index in [0.29, 0.717) is 47.7 Å². The van der Waals surface area contributed by atoms with Gasteiger partial charge in [0.05, 0.1) is 16.5 Å². The fourth-order valence-corrected chi connectivity index (χ4v) is 3.14. The van der Waals surface area contributed by atoms with Gasteiger partial charge in [0.2, 0.25) is 5.91 Å². The number of amides is 1. The number of carbonyl (C=O) groups excluding carboxylic acids is 1. The van der Waals surface area contributed by atoms with Crippen molar-refractivity contribution in [3.05, 3.63) is 39.4 Å². The second-order valence-corrected chi connectivity index (χ2v) is 6.52. The molecule has 0 spiro atoms. The van der Waals surface area contributed by atoms with Gasteiger partial charge < -0.3 is 15.0 Å². The highest BCUT2D eigenvalue weighted by molar-refractivity contribution is 6.31. The zero-order valence-electron chi connectivity index (χ0n) is 12.8. The summed E-state index contributed by atoms with van der Waals surface area (Å²) in [7, 11) is 0. The molecule has 1 aliphatic heterocycles. The predicted octanol–water partition coefficient (Wildman–Crippen LogP) is 1.49. The normalized spacial score (nSPS) is 17.4. The molecule has 1 fully saturated rings. The SMILES string of the molecule is CC(=O)N1CCC(O)(Cc2nc3cc(Cl)ccc3c(=O)[nH]2)CC1. The van der Waals surface area contributed by atoms with Gasteiger partial charge >= 0.3 is 0 Å². The summed E-state index contributed by atoms with van der Waals surface area (Å²) in [4.78, 5) is 32.3. The summed E-state index contributed by atoms with van der Waals surface area (Å²) in [5, 5.41) is 11.7. The molecule has 1 aromatic heterocycles. The maximum atomic E-state index is 12.1. The number of piperidine rings is 1. The number of carbonyl (C=O) groups is 1. The summed E-state index contributed by atoms with van der Waals surface area (Å²) < 4.78 is 0. The lowest BCUT2D eigenvalue weighted by Crippen LogP contribution is -2.47. The van der Waals surface area contributed by atoms with Crippen molar-refractivity contribution in [3.63, 3.8) is 0 Å². The molecule has 6 nitrogen and oxygen atoms in total. The van der Waals surface area contributed by atoms with Gasteiger partial charge in [-0.3, -0.25) is 9.59 Å². The van der Waals surface area contributed by atoms with Crippen molar-refractivity contribution in [2.75, 3.05) is 13.1 Å². The molecule has 0 bridgehead atoms. The maximum absolute atomic E-state index is 12.1. The van der Waals surface area contributed by atoms with Gasteiger partial charge in [-0.2, -0.15) is 0 Å². The van der Waals surface area contributed by atoms with E-state index in [-0.39, 0.29) is 17.9 Å². The Morgan fingerprint density at radius 2 is 2.13 bits per heavy atom. The van der Waals surface area contributed by atoms with Crippen LogP contribution in [0.1, 0.15) is 25.6 Å². The number of hydrogen-bond acceptors (Lipinski definition) is 4. The smallest absolute Gasteiger partial charge is 0.258 e. The lowest BCUT2D eigenvalue weighted by atomic mass is 9.88. The fraction of sp³-hybridized carbons (Fsp3) is 0.438. The van der Waals surface area contributed by atoms with Crippen LogP contribution in [-0.4, -0.2) is 44.6 Å².